The summed E-state index contributed by atoms with van der Waals surface area (Å²) in [6, 6.07) is 5.19. The molecule has 3 unspecified atom stereocenters. The molecular formula is C22H28ClFN3O10P. The van der Waals surface area contributed by atoms with Gasteiger partial charge < -0.3 is 24.2 Å². The Balaban J connectivity index is 1.87. The van der Waals surface area contributed by atoms with Crippen molar-refractivity contribution in [3.63, 3.8) is 0 Å². The fourth-order valence-electron chi connectivity index (χ4n) is 3.53. The lowest BCUT2D eigenvalue weighted by Crippen LogP contribution is -2.50. The zero-order valence-corrected chi connectivity index (χ0v) is 22.4. The molecule has 1 aromatic heterocycles. The molecule has 38 heavy (non-hydrogen) atoms. The van der Waals surface area contributed by atoms with Crippen LogP contribution < -0.4 is 20.9 Å². The van der Waals surface area contributed by atoms with Crippen LogP contribution in [0.1, 0.15) is 33.9 Å². The van der Waals surface area contributed by atoms with E-state index in [0.717, 1.165) is 19.2 Å². The number of nitrogens with zero attached hydrogens (tertiary/aromatic N) is 1. The number of carbonyl (C=O) groups excluding carboxylic acids is 1. The summed E-state index contributed by atoms with van der Waals surface area (Å²) in [6.07, 6.45) is -3.69. The minimum atomic E-state index is -4.60. The van der Waals surface area contributed by atoms with E-state index in [0.29, 0.717) is 9.59 Å². The van der Waals surface area contributed by atoms with Crippen molar-refractivity contribution in [1.29, 1.82) is 0 Å². The van der Waals surface area contributed by atoms with Gasteiger partial charge in [-0.05, 0) is 52.0 Å². The van der Waals surface area contributed by atoms with Crippen LogP contribution in [0.25, 0.3) is 0 Å². The van der Waals surface area contributed by atoms with Gasteiger partial charge in [-0.3, -0.25) is 23.7 Å². The van der Waals surface area contributed by atoms with E-state index in [2.05, 4.69) is 5.09 Å². The third-order valence-electron chi connectivity index (χ3n) is 5.40. The summed E-state index contributed by atoms with van der Waals surface area (Å²) in [6.45, 7) is 4.22. The molecule has 0 amide bonds. The van der Waals surface area contributed by atoms with Gasteiger partial charge in [0.1, 0.15) is 30.1 Å². The number of aliphatic hydroxyl groups excluding tert-OH is 1. The molecular weight excluding hydrogens is 552 g/mol. The highest BCUT2D eigenvalue weighted by molar-refractivity contribution is 7.52. The zero-order valence-electron chi connectivity index (χ0n) is 20.8. The summed E-state index contributed by atoms with van der Waals surface area (Å²) < 4.78 is 51.1. The first kappa shape index (κ1) is 30.0. The van der Waals surface area contributed by atoms with Crippen LogP contribution in [-0.2, 0) is 23.4 Å². The highest BCUT2D eigenvalue weighted by Gasteiger charge is 2.63. The number of aliphatic hydroxyl groups is 2. The van der Waals surface area contributed by atoms with Crippen molar-refractivity contribution in [3.8, 4) is 5.75 Å². The molecule has 6 atom stereocenters. The van der Waals surface area contributed by atoms with Crippen LogP contribution in [0, 0.1) is 0 Å². The standard InChI is InChI=1S/C22H28ClFN3O10P/c1-12(2)35-17(29)13(3)26-38(33,37-15-7-5-14(23)6-8-15)34-11-22(24)18(30)21(4,32)19(36-22)27-10-9-16(28)25-20(27)31/h5-10,12-13,18-19,30,32H,11H2,1-4H3,(H,26,33)(H,25,28,31)/t13?,18-,19?,21+,22+,38?/m0/s1. The third kappa shape index (κ3) is 6.70. The van der Waals surface area contributed by atoms with Crippen molar-refractivity contribution in [2.75, 3.05) is 6.61 Å². The Morgan fingerprint density at radius 2 is 1.92 bits per heavy atom. The van der Waals surface area contributed by atoms with Crippen molar-refractivity contribution >= 4 is 25.3 Å². The Hall–Kier alpha value is -2.58. The number of nitrogens with one attached hydrogen (secondary N) is 2. The highest BCUT2D eigenvalue weighted by atomic mass is 35.5. The quantitative estimate of drug-likeness (QED) is 0.237. The molecule has 0 bridgehead atoms. The number of carbonyl (C=O) groups is 1. The second kappa shape index (κ2) is 11.3. The fraction of sp³-hybridized carbons (Fsp3) is 0.500. The van der Waals surface area contributed by atoms with Gasteiger partial charge in [0.15, 0.2) is 6.23 Å². The lowest BCUT2D eigenvalue weighted by atomic mass is 9.95. The number of benzene rings is 1. The SMILES string of the molecule is CC(C)OC(=O)C(C)NP(=O)(OC[C@@]1(F)OC(n2ccc(=O)[nH]c2=O)[C@](C)(O)[C@@H]1O)Oc1ccc(Cl)cc1. The molecule has 1 aromatic carbocycles. The average molecular weight is 580 g/mol. The maximum absolute atomic E-state index is 15.9. The molecule has 2 aromatic rings. The average Bonchev–Trinajstić information content (AvgIpc) is 2.99. The van der Waals surface area contributed by atoms with Crippen LogP contribution in [-0.4, -0.2) is 62.0 Å². The summed E-state index contributed by atoms with van der Waals surface area (Å²) in [4.78, 5) is 37.8. The Morgan fingerprint density at radius 3 is 2.50 bits per heavy atom. The number of rotatable bonds is 10. The molecule has 210 valence electrons. The van der Waals surface area contributed by atoms with Crippen molar-refractivity contribution in [2.24, 2.45) is 0 Å². The summed E-state index contributed by atoms with van der Waals surface area (Å²) in [5.41, 5.74) is -4.21. The Morgan fingerprint density at radius 1 is 1.29 bits per heavy atom. The van der Waals surface area contributed by atoms with E-state index in [1.807, 2.05) is 4.98 Å². The molecule has 13 nitrogen and oxygen atoms in total. The fourth-order valence-corrected chi connectivity index (χ4v) is 5.16. The van der Waals surface area contributed by atoms with E-state index in [-0.39, 0.29) is 5.75 Å². The summed E-state index contributed by atoms with van der Waals surface area (Å²) in [5, 5.41) is 24.0. The minimum absolute atomic E-state index is 0.0277. The number of alkyl halides is 1. The lowest BCUT2D eigenvalue weighted by molar-refractivity contribution is -0.204. The van der Waals surface area contributed by atoms with Gasteiger partial charge in [-0.2, -0.15) is 5.09 Å². The largest absolute Gasteiger partial charge is 0.462 e. The van der Waals surface area contributed by atoms with Crippen LogP contribution in [0.4, 0.5) is 4.39 Å². The number of halogens is 2. The molecule has 0 aliphatic carbocycles. The minimum Gasteiger partial charge on any atom is -0.462 e. The van der Waals surface area contributed by atoms with Gasteiger partial charge in [-0.25, -0.2) is 13.8 Å². The van der Waals surface area contributed by atoms with Gasteiger partial charge in [-0.1, -0.05) is 11.6 Å². The van der Waals surface area contributed by atoms with E-state index in [4.69, 9.17) is 30.1 Å². The first-order valence-corrected chi connectivity index (χ1v) is 13.2. The van der Waals surface area contributed by atoms with E-state index >= 15 is 4.39 Å². The normalized spacial score (nSPS) is 27.6. The number of hydrogen-bond donors (Lipinski definition) is 4. The lowest BCUT2D eigenvalue weighted by Gasteiger charge is -2.29. The Bertz CT molecular complexity index is 1320. The molecule has 1 fully saturated rings. The van der Waals surface area contributed by atoms with Gasteiger partial charge in [0, 0.05) is 17.3 Å². The molecule has 0 spiro atoms. The molecule has 1 aliphatic heterocycles. The van der Waals surface area contributed by atoms with Gasteiger partial charge in [0.25, 0.3) is 11.4 Å². The van der Waals surface area contributed by atoms with Crippen molar-refractivity contribution in [2.45, 2.75) is 63.6 Å². The van der Waals surface area contributed by atoms with Crippen LogP contribution in [0.5, 0.6) is 5.75 Å². The zero-order chi connectivity index (χ0) is 28.5. The molecule has 0 saturated carbocycles. The van der Waals surface area contributed by atoms with Crippen LogP contribution in [0.3, 0.4) is 0 Å². The monoisotopic (exact) mass is 579 g/mol. The molecule has 4 N–H and O–H groups in total. The Labute approximate surface area is 221 Å². The molecule has 16 heteroatoms. The summed E-state index contributed by atoms with van der Waals surface area (Å²) in [5.74, 6) is -4.07. The van der Waals surface area contributed by atoms with E-state index in [9.17, 15) is 29.2 Å². The number of hydrogen-bond acceptors (Lipinski definition) is 10. The van der Waals surface area contributed by atoms with Crippen molar-refractivity contribution in [3.05, 3.63) is 62.4 Å². The maximum atomic E-state index is 15.9. The maximum Gasteiger partial charge on any atom is 0.459 e. The summed E-state index contributed by atoms with van der Waals surface area (Å²) in [7, 11) is -4.60. The Kier molecular flexibility index (Phi) is 8.88. The van der Waals surface area contributed by atoms with E-state index < -0.39 is 67.5 Å². The van der Waals surface area contributed by atoms with Crippen LogP contribution >= 0.6 is 19.3 Å². The van der Waals surface area contributed by atoms with Gasteiger partial charge in [-0.15, -0.1) is 0 Å². The van der Waals surface area contributed by atoms with Crippen LogP contribution in [0.2, 0.25) is 5.02 Å². The number of ether oxygens (including phenoxy) is 2. The van der Waals surface area contributed by atoms with E-state index in [1.165, 1.54) is 31.2 Å². The number of aromatic amines is 1. The molecule has 1 saturated heterocycles. The second-order valence-electron chi connectivity index (χ2n) is 9.05. The first-order valence-electron chi connectivity index (χ1n) is 11.3. The van der Waals surface area contributed by atoms with Crippen molar-refractivity contribution < 1.29 is 42.5 Å². The number of H-pyrrole nitrogens is 1. The van der Waals surface area contributed by atoms with Gasteiger partial charge in [0.2, 0.25) is 0 Å². The number of aromatic nitrogens is 2. The van der Waals surface area contributed by atoms with Gasteiger partial charge >= 0.3 is 19.4 Å². The van der Waals surface area contributed by atoms with Gasteiger partial charge in [0.05, 0.1) is 6.10 Å². The number of esters is 1. The van der Waals surface area contributed by atoms with Crippen molar-refractivity contribution in [1.82, 2.24) is 14.6 Å². The molecule has 1 aliphatic rings. The molecule has 0 radical (unpaired) electrons. The van der Waals surface area contributed by atoms with E-state index in [1.54, 1.807) is 13.8 Å². The topological polar surface area (TPSA) is 178 Å². The first-order chi connectivity index (χ1) is 17.6. The highest BCUT2D eigenvalue weighted by Crippen LogP contribution is 2.50. The predicted octanol–water partition coefficient (Wildman–Crippen LogP) is 1.63. The second-order valence-corrected chi connectivity index (χ2v) is 11.2. The predicted molar refractivity (Wildman–Crippen MR) is 131 cm³/mol. The molecule has 2 heterocycles. The smallest absolute Gasteiger partial charge is 0.459 e. The molecule has 3 rings (SSSR count). The third-order valence-corrected chi connectivity index (χ3v) is 7.28. The van der Waals surface area contributed by atoms with Crippen LogP contribution in [0.15, 0.2) is 46.1 Å². The summed E-state index contributed by atoms with van der Waals surface area (Å²) >= 11 is 5.86.